The molecule has 0 saturated carbocycles. The highest BCUT2D eigenvalue weighted by molar-refractivity contribution is 7.97. The van der Waals surface area contributed by atoms with Crippen molar-refractivity contribution < 1.29 is 9.59 Å². The highest BCUT2D eigenvalue weighted by atomic mass is 32.2. The van der Waals surface area contributed by atoms with E-state index < -0.39 is 0 Å². The van der Waals surface area contributed by atoms with Crippen LogP contribution in [0.15, 0.2) is 24.3 Å². The normalized spacial score (nSPS) is 15.8. The molecule has 1 fully saturated rings. The van der Waals surface area contributed by atoms with Crippen LogP contribution in [0, 0.1) is 0 Å². The molecule has 3 amide bonds. The molecule has 2 rings (SSSR count). The van der Waals surface area contributed by atoms with E-state index in [1.807, 2.05) is 12.1 Å². The van der Waals surface area contributed by atoms with Crippen molar-refractivity contribution in [3.63, 3.8) is 0 Å². The maximum Gasteiger partial charge on any atom is 0.337 e. The molecular formula is C11H13N3O2S. The second kappa shape index (κ2) is 4.67. The van der Waals surface area contributed by atoms with E-state index >= 15 is 0 Å². The van der Waals surface area contributed by atoms with Gasteiger partial charge < -0.3 is 10.6 Å². The predicted octanol–water partition coefficient (Wildman–Crippen LogP) is 1.31. The molecule has 90 valence electrons. The van der Waals surface area contributed by atoms with Crippen molar-refractivity contribution in [2.75, 3.05) is 19.3 Å². The van der Waals surface area contributed by atoms with Gasteiger partial charge in [-0.05, 0) is 29.6 Å². The molecule has 17 heavy (non-hydrogen) atoms. The van der Waals surface area contributed by atoms with Gasteiger partial charge in [0, 0.05) is 18.5 Å². The molecule has 1 aliphatic heterocycles. The summed E-state index contributed by atoms with van der Waals surface area (Å²) in [5, 5.41) is 0. The third-order valence-electron chi connectivity index (χ3n) is 2.44. The molecule has 0 spiro atoms. The number of carbonyl (C=O) groups is 2. The van der Waals surface area contributed by atoms with Crippen LogP contribution in [0.25, 0.3) is 0 Å². The second-order valence-electron chi connectivity index (χ2n) is 3.84. The number of rotatable bonds is 3. The molecule has 6 heteroatoms. The van der Waals surface area contributed by atoms with Gasteiger partial charge in [0.25, 0.3) is 5.91 Å². The van der Waals surface area contributed by atoms with Gasteiger partial charge >= 0.3 is 6.03 Å². The zero-order chi connectivity index (χ0) is 12.4. The monoisotopic (exact) mass is 251 g/mol. The van der Waals surface area contributed by atoms with Crippen molar-refractivity contribution in [2.45, 2.75) is 5.75 Å². The largest absolute Gasteiger partial charge is 0.399 e. The van der Waals surface area contributed by atoms with Crippen LogP contribution in [0.2, 0.25) is 0 Å². The molecule has 0 aromatic heterocycles. The Labute approximate surface area is 104 Å². The van der Waals surface area contributed by atoms with Crippen molar-refractivity contribution in [3.05, 3.63) is 29.8 Å². The molecule has 1 aromatic rings. The minimum atomic E-state index is -0.254. The Bertz CT molecular complexity index is 447. The van der Waals surface area contributed by atoms with Gasteiger partial charge in [-0.2, -0.15) is 0 Å². The third-order valence-corrected chi connectivity index (χ3v) is 3.52. The van der Waals surface area contributed by atoms with Crippen LogP contribution in [0.1, 0.15) is 5.56 Å². The molecule has 0 bridgehead atoms. The molecule has 1 heterocycles. The average Bonchev–Trinajstić information content (AvgIpc) is 2.54. The Kier molecular flexibility index (Phi) is 3.23. The Hall–Kier alpha value is -1.69. The highest BCUT2D eigenvalue weighted by Crippen LogP contribution is 2.23. The van der Waals surface area contributed by atoms with E-state index in [4.69, 9.17) is 5.73 Å². The number of nitrogen functional groups attached to an aromatic ring is 1. The maximum atomic E-state index is 11.6. The van der Waals surface area contributed by atoms with Gasteiger partial charge in [0.15, 0.2) is 0 Å². The molecule has 0 atom stereocenters. The first kappa shape index (κ1) is 11.8. The SMILES string of the molecule is CN1CC(=O)N(SCc2ccc(N)cc2)C1=O. The molecule has 0 unspecified atom stereocenters. The van der Waals surface area contributed by atoms with Crippen molar-refractivity contribution in [1.29, 1.82) is 0 Å². The lowest BCUT2D eigenvalue weighted by molar-refractivity contribution is -0.121. The lowest BCUT2D eigenvalue weighted by atomic mass is 10.2. The Morgan fingerprint density at radius 1 is 1.29 bits per heavy atom. The summed E-state index contributed by atoms with van der Waals surface area (Å²) in [5.74, 6) is 0.406. The summed E-state index contributed by atoms with van der Waals surface area (Å²) in [6, 6.07) is 7.12. The first-order valence-corrected chi connectivity index (χ1v) is 6.07. The average molecular weight is 251 g/mol. The molecular weight excluding hydrogens is 238 g/mol. The number of amides is 3. The van der Waals surface area contributed by atoms with Crippen LogP contribution < -0.4 is 5.73 Å². The minimum absolute atomic E-state index is 0.160. The van der Waals surface area contributed by atoms with E-state index in [-0.39, 0.29) is 18.5 Å². The Morgan fingerprint density at radius 3 is 2.47 bits per heavy atom. The number of hydrogen-bond donors (Lipinski definition) is 1. The zero-order valence-electron chi connectivity index (χ0n) is 9.42. The zero-order valence-corrected chi connectivity index (χ0v) is 10.2. The smallest absolute Gasteiger partial charge is 0.337 e. The van der Waals surface area contributed by atoms with Crippen LogP contribution in [-0.2, 0) is 10.5 Å². The van der Waals surface area contributed by atoms with E-state index in [0.717, 1.165) is 5.56 Å². The van der Waals surface area contributed by atoms with Crippen LogP contribution in [0.5, 0.6) is 0 Å². The van der Waals surface area contributed by atoms with E-state index in [1.165, 1.54) is 21.2 Å². The number of nitrogens with two attached hydrogens (primary N) is 1. The number of hydrogen-bond acceptors (Lipinski definition) is 4. The topological polar surface area (TPSA) is 66.6 Å². The van der Waals surface area contributed by atoms with Gasteiger partial charge in [-0.25, -0.2) is 9.10 Å². The van der Waals surface area contributed by atoms with Crippen molar-refractivity contribution in [2.24, 2.45) is 0 Å². The van der Waals surface area contributed by atoms with Crippen molar-refractivity contribution in [3.8, 4) is 0 Å². The summed E-state index contributed by atoms with van der Waals surface area (Å²) < 4.78 is 1.20. The fourth-order valence-electron chi connectivity index (χ4n) is 1.48. The second-order valence-corrected chi connectivity index (χ2v) is 4.75. The van der Waals surface area contributed by atoms with E-state index in [9.17, 15) is 9.59 Å². The summed E-state index contributed by atoms with van der Waals surface area (Å²) in [4.78, 5) is 24.5. The van der Waals surface area contributed by atoms with Crippen LogP contribution in [0.4, 0.5) is 10.5 Å². The standard InChI is InChI=1S/C11H13N3O2S/c1-13-6-10(15)14(11(13)16)17-7-8-2-4-9(12)5-3-8/h2-5H,6-7,12H2,1H3. The fourth-order valence-corrected chi connectivity index (χ4v) is 2.40. The molecule has 1 saturated heterocycles. The number of imide groups is 1. The van der Waals surface area contributed by atoms with E-state index in [0.29, 0.717) is 11.4 Å². The quantitative estimate of drug-likeness (QED) is 0.499. The summed E-state index contributed by atoms with van der Waals surface area (Å²) in [5.41, 5.74) is 7.30. The molecule has 0 radical (unpaired) electrons. The number of benzene rings is 1. The van der Waals surface area contributed by atoms with Gasteiger partial charge in [-0.15, -0.1) is 0 Å². The van der Waals surface area contributed by atoms with Crippen molar-refractivity contribution in [1.82, 2.24) is 9.21 Å². The molecule has 1 aliphatic rings. The maximum absolute atomic E-state index is 11.6. The van der Waals surface area contributed by atoms with Crippen molar-refractivity contribution >= 4 is 29.6 Å². The van der Waals surface area contributed by atoms with E-state index in [1.54, 1.807) is 19.2 Å². The first-order valence-electron chi connectivity index (χ1n) is 5.13. The highest BCUT2D eigenvalue weighted by Gasteiger charge is 2.33. The summed E-state index contributed by atoms with van der Waals surface area (Å²) >= 11 is 1.21. The van der Waals surface area contributed by atoms with Gasteiger partial charge in [-0.3, -0.25) is 4.79 Å². The first-order chi connectivity index (χ1) is 8.08. The predicted molar refractivity (Wildman–Crippen MR) is 67.0 cm³/mol. The molecule has 5 nitrogen and oxygen atoms in total. The Balaban J connectivity index is 1.96. The molecule has 1 aromatic carbocycles. The summed E-state index contributed by atoms with van der Waals surface area (Å²) in [6.45, 7) is 0.160. The number of urea groups is 1. The number of carbonyl (C=O) groups excluding carboxylic acids is 2. The van der Waals surface area contributed by atoms with Crippen LogP contribution in [0.3, 0.4) is 0 Å². The lowest BCUT2D eigenvalue weighted by Crippen LogP contribution is -2.25. The minimum Gasteiger partial charge on any atom is -0.399 e. The fraction of sp³-hybridized carbons (Fsp3) is 0.273. The van der Waals surface area contributed by atoms with E-state index in [2.05, 4.69) is 0 Å². The number of nitrogens with zero attached hydrogens (tertiary/aromatic N) is 2. The van der Waals surface area contributed by atoms with Gasteiger partial charge in [0.2, 0.25) is 0 Å². The third kappa shape index (κ3) is 2.52. The summed E-state index contributed by atoms with van der Waals surface area (Å²) in [7, 11) is 1.62. The molecule has 0 aliphatic carbocycles. The van der Waals surface area contributed by atoms with Gasteiger partial charge in [-0.1, -0.05) is 12.1 Å². The number of likely N-dealkylation sites (N-methyl/N-ethyl adjacent to an activating group) is 1. The lowest BCUT2D eigenvalue weighted by Gasteiger charge is -2.12. The molecule has 2 N–H and O–H groups in total. The Morgan fingerprint density at radius 2 is 1.94 bits per heavy atom. The van der Waals surface area contributed by atoms with Gasteiger partial charge in [0.05, 0.1) is 0 Å². The van der Waals surface area contributed by atoms with Gasteiger partial charge in [0.1, 0.15) is 6.54 Å². The summed E-state index contributed by atoms with van der Waals surface area (Å²) in [6.07, 6.45) is 0. The van der Waals surface area contributed by atoms with Crippen LogP contribution >= 0.6 is 11.9 Å². The number of anilines is 1. The van der Waals surface area contributed by atoms with Crippen LogP contribution in [-0.4, -0.2) is 34.7 Å².